The summed E-state index contributed by atoms with van der Waals surface area (Å²) in [7, 11) is 0. The first kappa shape index (κ1) is 20.8. The van der Waals surface area contributed by atoms with Crippen LogP contribution < -0.4 is 5.32 Å². The number of aryl methyl sites for hydroxylation is 1. The van der Waals surface area contributed by atoms with Gasteiger partial charge < -0.3 is 9.84 Å². The number of likely N-dealkylation sites (tertiary alicyclic amines) is 1. The van der Waals surface area contributed by atoms with E-state index in [2.05, 4.69) is 26.4 Å². The number of allylic oxidation sites excluding steroid dienone is 1. The van der Waals surface area contributed by atoms with E-state index in [9.17, 15) is 4.79 Å². The molecule has 4 rings (SSSR count). The molecule has 6 heteroatoms. The van der Waals surface area contributed by atoms with Gasteiger partial charge in [-0.05, 0) is 70.5 Å². The van der Waals surface area contributed by atoms with Crippen LogP contribution in [0.4, 0.5) is 0 Å². The van der Waals surface area contributed by atoms with Crippen molar-refractivity contribution in [3.63, 3.8) is 0 Å². The molecule has 1 saturated heterocycles. The second kappa shape index (κ2) is 10.0. The second-order valence-electron chi connectivity index (χ2n) is 8.53. The van der Waals surface area contributed by atoms with Crippen LogP contribution in [-0.2, 0) is 11.3 Å². The van der Waals surface area contributed by atoms with Crippen molar-refractivity contribution in [1.82, 2.24) is 20.4 Å². The third-order valence-corrected chi connectivity index (χ3v) is 6.30. The lowest BCUT2D eigenvalue weighted by Gasteiger charge is -2.30. The molecule has 1 aliphatic carbocycles. The summed E-state index contributed by atoms with van der Waals surface area (Å²) in [6.45, 7) is 5.22. The van der Waals surface area contributed by atoms with Gasteiger partial charge in [0.05, 0.1) is 6.54 Å². The number of amides is 1. The van der Waals surface area contributed by atoms with E-state index in [1.807, 2.05) is 31.2 Å². The SMILES string of the molecule is Cc1ccccc1-c1noc(CN2CCC(C(=O)NCCC3=CCCCC3)CC2)n1. The van der Waals surface area contributed by atoms with Crippen LogP contribution in [0.25, 0.3) is 11.4 Å². The van der Waals surface area contributed by atoms with Gasteiger partial charge in [0, 0.05) is 18.0 Å². The van der Waals surface area contributed by atoms with E-state index >= 15 is 0 Å². The maximum atomic E-state index is 12.5. The van der Waals surface area contributed by atoms with E-state index in [-0.39, 0.29) is 11.8 Å². The number of hydrogen-bond donors (Lipinski definition) is 1. The van der Waals surface area contributed by atoms with Crippen LogP contribution in [0, 0.1) is 12.8 Å². The summed E-state index contributed by atoms with van der Waals surface area (Å²) in [5.41, 5.74) is 3.66. The Morgan fingerprint density at radius 2 is 2.07 bits per heavy atom. The number of carbonyl (C=O) groups excluding carboxylic acids is 1. The Balaban J connectivity index is 1.21. The van der Waals surface area contributed by atoms with Gasteiger partial charge in [-0.2, -0.15) is 4.98 Å². The molecular weight excluding hydrogens is 376 g/mol. The van der Waals surface area contributed by atoms with Crippen LogP contribution in [0.1, 0.15) is 56.4 Å². The highest BCUT2D eigenvalue weighted by Crippen LogP contribution is 2.23. The molecule has 0 unspecified atom stereocenters. The molecule has 160 valence electrons. The molecule has 0 bridgehead atoms. The molecule has 1 amide bonds. The Bertz CT molecular complexity index is 881. The summed E-state index contributed by atoms with van der Waals surface area (Å²) in [6.07, 6.45) is 10.1. The Labute approximate surface area is 178 Å². The Morgan fingerprint density at radius 1 is 1.23 bits per heavy atom. The highest BCUT2D eigenvalue weighted by Gasteiger charge is 2.26. The fourth-order valence-electron chi connectivity index (χ4n) is 4.42. The minimum absolute atomic E-state index is 0.117. The average Bonchev–Trinajstić information content (AvgIpc) is 3.23. The molecule has 1 aliphatic heterocycles. The monoisotopic (exact) mass is 408 g/mol. The fraction of sp³-hybridized carbons (Fsp3) is 0.542. The highest BCUT2D eigenvalue weighted by molar-refractivity contribution is 5.78. The van der Waals surface area contributed by atoms with E-state index in [0.29, 0.717) is 18.3 Å². The third-order valence-electron chi connectivity index (χ3n) is 6.30. The van der Waals surface area contributed by atoms with Crippen molar-refractivity contribution in [1.29, 1.82) is 0 Å². The van der Waals surface area contributed by atoms with Gasteiger partial charge in [-0.15, -0.1) is 0 Å². The lowest BCUT2D eigenvalue weighted by Crippen LogP contribution is -2.40. The van der Waals surface area contributed by atoms with Crippen LogP contribution in [0.15, 0.2) is 40.4 Å². The predicted octanol–water partition coefficient (Wildman–Crippen LogP) is 4.26. The molecule has 2 aromatic rings. The zero-order valence-corrected chi connectivity index (χ0v) is 17.9. The zero-order valence-electron chi connectivity index (χ0n) is 17.9. The second-order valence-corrected chi connectivity index (χ2v) is 8.53. The summed E-state index contributed by atoms with van der Waals surface area (Å²) in [5.74, 6) is 1.61. The minimum atomic E-state index is 0.117. The van der Waals surface area contributed by atoms with Crippen LogP contribution in [0.3, 0.4) is 0 Å². The predicted molar refractivity (Wildman–Crippen MR) is 117 cm³/mol. The summed E-state index contributed by atoms with van der Waals surface area (Å²) in [5, 5.41) is 7.30. The first-order valence-corrected chi connectivity index (χ1v) is 11.3. The maximum absolute atomic E-state index is 12.5. The standard InChI is InChI=1S/C24H32N4O2/c1-18-7-5-6-10-21(18)23-26-22(30-27-23)17-28-15-12-20(13-16-28)24(29)25-14-11-19-8-3-2-4-9-19/h5-8,10,20H,2-4,9,11-17H2,1H3,(H,25,29). The first-order chi connectivity index (χ1) is 14.7. The lowest BCUT2D eigenvalue weighted by atomic mass is 9.95. The summed E-state index contributed by atoms with van der Waals surface area (Å²) in [4.78, 5) is 19.4. The van der Waals surface area contributed by atoms with Gasteiger partial charge in [0.1, 0.15) is 0 Å². The van der Waals surface area contributed by atoms with E-state index in [4.69, 9.17) is 4.52 Å². The maximum Gasteiger partial charge on any atom is 0.241 e. The molecular formula is C24H32N4O2. The van der Waals surface area contributed by atoms with Crippen molar-refractivity contribution in [2.75, 3.05) is 19.6 Å². The van der Waals surface area contributed by atoms with E-state index in [0.717, 1.165) is 50.0 Å². The quantitative estimate of drug-likeness (QED) is 0.693. The van der Waals surface area contributed by atoms with Gasteiger partial charge in [0.2, 0.25) is 17.6 Å². The Morgan fingerprint density at radius 3 is 2.83 bits per heavy atom. The van der Waals surface area contributed by atoms with Crippen LogP contribution >= 0.6 is 0 Å². The summed E-state index contributed by atoms with van der Waals surface area (Å²) in [6, 6.07) is 8.06. The zero-order chi connectivity index (χ0) is 20.8. The third kappa shape index (κ3) is 5.36. The topological polar surface area (TPSA) is 71.3 Å². The number of carbonyl (C=O) groups is 1. The van der Waals surface area contributed by atoms with E-state index in [1.54, 1.807) is 0 Å². The van der Waals surface area contributed by atoms with E-state index < -0.39 is 0 Å². The fourth-order valence-corrected chi connectivity index (χ4v) is 4.42. The lowest BCUT2D eigenvalue weighted by molar-refractivity contribution is -0.126. The van der Waals surface area contributed by atoms with Crippen molar-refractivity contribution >= 4 is 5.91 Å². The smallest absolute Gasteiger partial charge is 0.241 e. The molecule has 0 radical (unpaired) electrons. The van der Waals surface area contributed by atoms with Crippen molar-refractivity contribution in [2.24, 2.45) is 5.92 Å². The molecule has 1 N–H and O–H groups in total. The van der Waals surface area contributed by atoms with Gasteiger partial charge in [0.25, 0.3) is 0 Å². The molecule has 0 saturated carbocycles. The first-order valence-electron chi connectivity index (χ1n) is 11.3. The minimum Gasteiger partial charge on any atom is -0.356 e. The van der Waals surface area contributed by atoms with Gasteiger partial charge >= 0.3 is 0 Å². The number of piperidine rings is 1. The summed E-state index contributed by atoms with van der Waals surface area (Å²) >= 11 is 0. The molecule has 1 aromatic heterocycles. The van der Waals surface area contributed by atoms with Crippen LogP contribution in [0.2, 0.25) is 0 Å². The van der Waals surface area contributed by atoms with E-state index in [1.165, 1.54) is 31.3 Å². The molecule has 0 spiro atoms. The molecule has 30 heavy (non-hydrogen) atoms. The number of hydrogen-bond acceptors (Lipinski definition) is 5. The van der Waals surface area contributed by atoms with Crippen molar-refractivity contribution in [3.8, 4) is 11.4 Å². The number of rotatable bonds is 7. The number of benzene rings is 1. The molecule has 2 heterocycles. The van der Waals surface area contributed by atoms with Gasteiger partial charge in [-0.3, -0.25) is 9.69 Å². The molecule has 2 aliphatic rings. The molecule has 1 fully saturated rings. The largest absolute Gasteiger partial charge is 0.356 e. The summed E-state index contributed by atoms with van der Waals surface area (Å²) < 4.78 is 5.47. The Hall–Kier alpha value is -2.47. The van der Waals surface area contributed by atoms with Crippen LogP contribution in [-0.4, -0.2) is 40.6 Å². The molecule has 6 nitrogen and oxygen atoms in total. The number of aromatic nitrogens is 2. The van der Waals surface area contributed by atoms with Crippen molar-refractivity contribution < 1.29 is 9.32 Å². The average molecular weight is 409 g/mol. The van der Waals surface area contributed by atoms with Crippen LogP contribution in [0.5, 0.6) is 0 Å². The van der Waals surface area contributed by atoms with Gasteiger partial charge in [-0.1, -0.05) is 41.1 Å². The van der Waals surface area contributed by atoms with Gasteiger partial charge in [0.15, 0.2) is 0 Å². The van der Waals surface area contributed by atoms with Crippen molar-refractivity contribution in [2.45, 2.75) is 58.4 Å². The Kier molecular flexibility index (Phi) is 6.95. The molecule has 0 atom stereocenters. The highest BCUT2D eigenvalue weighted by atomic mass is 16.5. The normalized spacial score (nSPS) is 18.2. The number of nitrogens with zero attached hydrogens (tertiary/aromatic N) is 3. The van der Waals surface area contributed by atoms with Crippen molar-refractivity contribution in [3.05, 3.63) is 47.4 Å². The molecule has 1 aromatic carbocycles. The van der Waals surface area contributed by atoms with Gasteiger partial charge in [-0.25, -0.2) is 0 Å². The number of nitrogens with one attached hydrogen (secondary N) is 1.